The van der Waals surface area contributed by atoms with Crippen LogP contribution in [-0.4, -0.2) is 27.6 Å². The van der Waals surface area contributed by atoms with Gasteiger partial charge in [-0.2, -0.15) is 0 Å². The fourth-order valence-electron chi connectivity index (χ4n) is 7.40. The van der Waals surface area contributed by atoms with Crippen LogP contribution in [0, 0.1) is 28.6 Å². The molecule has 0 saturated heterocycles. The van der Waals surface area contributed by atoms with E-state index >= 15 is 0 Å². The van der Waals surface area contributed by atoms with Gasteiger partial charge in [0.05, 0.1) is 5.60 Å². The Morgan fingerprint density at radius 3 is 2.57 bits per heavy atom. The van der Waals surface area contributed by atoms with Crippen molar-refractivity contribution in [3.8, 4) is 0 Å². The number of allylic oxidation sites excluding steroid dienone is 4. The SMILES string of the molecule is CCC1=C[C@@H]2[C@H](CC[C@@]3(C)[C@H]2CC[C@]3(O)CCC(=O)O)[C@@]2(C)CCC(=O)C=C12. The highest BCUT2D eigenvalue weighted by atomic mass is 16.4. The van der Waals surface area contributed by atoms with E-state index in [4.69, 9.17) is 5.11 Å². The van der Waals surface area contributed by atoms with Crippen LogP contribution in [-0.2, 0) is 9.59 Å². The molecule has 0 aliphatic heterocycles. The molecule has 0 unspecified atom stereocenters. The zero-order valence-corrected chi connectivity index (χ0v) is 17.5. The molecular weight excluding hydrogens is 352 g/mol. The molecule has 0 radical (unpaired) electrons. The van der Waals surface area contributed by atoms with E-state index in [1.165, 1.54) is 11.1 Å². The Balaban J connectivity index is 1.72. The van der Waals surface area contributed by atoms with Crippen molar-refractivity contribution in [3.63, 3.8) is 0 Å². The van der Waals surface area contributed by atoms with Crippen LogP contribution >= 0.6 is 0 Å². The quantitative estimate of drug-likeness (QED) is 0.736. The maximum absolute atomic E-state index is 12.1. The number of hydrogen-bond acceptors (Lipinski definition) is 3. The normalized spacial score (nSPS) is 44.9. The summed E-state index contributed by atoms with van der Waals surface area (Å²) in [6.45, 7) is 6.74. The predicted molar refractivity (Wildman–Crippen MR) is 108 cm³/mol. The molecule has 28 heavy (non-hydrogen) atoms. The van der Waals surface area contributed by atoms with Crippen molar-refractivity contribution >= 4 is 11.8 Å². The van der Waals surface area contributed by atoms with E-state index in [0.29, 0.717) is 37.0 Å². The van der Waals surface area contributed by atoms with E-state index in [1.54, 1.807) is 0 Å². The number of aliphatic hydroxyl groups is 1. The number of fused-ring (bicyclic) bond motifs is 5. The van der Waals surface area contributed by atoms with Crippen LogP contribution in [0.25, 0.3) is 0 Å². The van der Waals surface area contributed by atoms with Gasteiger partial charge in [-0.15, -0.1) is 0 Å². The lowest BCUT2D eigenvalue weighted by Crippen LogP contribution is -2.54. The summed E-state index contributed by atoms with van der Waals surface area (Å²) in [6, 6.07) is 0. The van der Waals surface area contributed by atoms with Gasteiger partial charge in [0.25, 0.3) is 0 Å². The Morgan fingerprint density at radius 2 is 1.89 bits per heavy atom. The van der Waals surface area contributed by atoms with Gasteiger partial charge in [-0.3, -0.25) is 9.59 Å². The molecule has 2 N–H and O–H groups in total. The van der Waals surface area contributed by atoms with E-state index in [1.807, 2.05) is 6.08 Å². The number of carbonyl (C=O) groups excluding carboxylic acids is 1. The first-order valence-corrected chi connectivity index (χ1v) is 11.0. The lowest BCUT2D eigenvalue weighted by Gasteiger charge is -2.58. The van der Waals surface area contributed by atoms with Crippen LogP contribution in [0.3, 0.4) is 0 Å². The van der Waals surface area contributed by atoms with Crippen LogP contribution in [0.1, 0.15) is 78.6 Å². The number of ketones is 1. The van der Waals surface area contributed by atoms with Crippen LogP contribution in [0.5, 0.6) is 0 Å². The molecule has 0 aromatic rings. The zero-order chi connectivity index (χ0) is 20.3. The fourth-order valence-corrected chi connectivity index (χ4v) is 7.40. The maximum atomic E-state index is 12.1. The van der Waals surface area contributed by atoms with Gasteiger partial charge in [0.15, 0.2) is 5.78 Å². The number of rotatable bonds is 4. The number of hydrogen-bond donors (Lipinski definition) is 2. The van der Waals surface area contributed by atoms with Crippen molar-refractivity contribution in [2.75, 3.05) is 0 Å². The summed E-state index contributed by atoms with van der Waals surface area (Å²) in [7, 11) is 0. The molecule has 2 saturated carbocycles. The second-order valence-electron chi connectivity index (χ2n) is 10.2. The maximum Gasteiger partial charge on any atom is 0.303 e. The van der Waals surface area contributed by atoms with E-state index < -0.39 is 11.6 Å². The first-order chi connectivity index (χ1) is 13.1. The minimum Gasteiger partial charge on any atom is -0.481 e. The second-order valence-corrected chi connectivity index (χ2v) is 10.2. The molecule has 2 fully saturated rings. The molecule has 4 heteroatoms. The van der Waals surface area contributed by atoms with E-state index in [2.05, 4.69) is 26.8 Å². The Kier molecular flexibility index (Phi) is 4.65. The van der Waals surface area contributed by atoms with E-state index in [-0.39, 0.29) is 23.0 Å². The third-order valence-corrected chi connectivity index (χ3v) is 9.16. The summed E-state index contributed by atoms with van der Waals surface area (Å²) in [6.07, 6.45) is 10.9. The predicted octanol–water partition coefficient (Wildman–Crippen LogP) is 4.67. The highest BCUT2D eigenvalue weighted by Gasteiger charge is 2.63. The number of carboxylic acid groups (broad SMARTS) is 1. The third-order valence-electron chi connectivity index (χ3n) is 9.16. The monoisotopic (exact) mass is 386 g/mol. The highest BCUT2D eigenvalue weighted by molar-refractivity contribution is 5.92. The Bertz CT molecular complexity index is 765. The molecule has 0 amide bonds. The van der Waals surface area contributed by atoms with Gasteiger partial charge >= 0.3 is 5.97 Å². The summed E-state index contributed by atoms with van der Waals surface area (Å²) in [4.78, 5) is 23.3. The molecule has 6 atom stereocenters. The first kappa shape index (κ1) is 19.9. The summed E-state index contributed by atoms with van der Waals surface area (Å²) < 4.78 is 0. The van der Waals surface area contributed by atoms with Crippen molar-refractivity contribution in [1.82, 2.24) is 0 Å². The average Bonchev–Trinajstić information content (AvgIpc) is 2.92. The number of carboxylic acids is 1. The van der Waals surface area contributed by atoms with Gasteiger partial charge in [-0.1, -0.05) is 26.8 Å². The molecule has 0 heterocycles. The Hall–Kier alpha value is -1.42. The summed E-state index contributed by atoms with van der Waals surface area (Å²) in [5.41, 5.74) is 1.56. The smallest absolute Gasteiger partial charge is 0.303 e. The molecule has 4 aliphatic carbocycles. The Morgan fingerprint density at radius 1 is 1.18 bits per heavy atom. The van der Waals surface area contributed by atoms with Crippen LogP contribution in [0.15, 0.2) is 23.3 Å². The molecular formula is C24H34O4. The molecule has 4 aliphatic rings. The number of aliphatic carboxylic acids is 1. The topological polar surface area (TPSA) is 74.6 Å². The molecule has 4 rings (SSSR count). The lowest BCUT2D eigenvalue weighted by molar-refractivity contribution is -0.144. The largest absolute Gasteiger partial charge is 0.481 e. The lowest BCUT2D eigenvalue weighted by atomic mass is 9.47. The third kappa shape index (κ3) is 2.67. The van der Waals surface area contributed by atoms with Crippen LogP contribution in [0.2, 0.25) is 0 Å². The Labute approximate surface area is 168 Å². The molecule has 154 valence electrons. The van der Waals surface area contributed by atoms with Crippen molar-refractivity contribution in [3.05, 3.63) is 23.3 Å². The highest BCUT2D eigenvalue weighted by Crippen LogP contribution is 2.67. The summed E-state index contributed by atoms with van der Waals surface area (Å²) >= 11 is 0. The minimum atomic E-state index is -0.874. The van der Waals surface area contributed by atoms with Crippen molar-refractivity contribution < 1.29 is 19.8 Å². The van der Waals surface area contributed by atoms with Crippen molar-refractivity contribution in [2.24, 2.45) is 28.6 Å². The van der Waals surface area contributed by atoms with Gasteiger partial charge in [-0.25, -0.2) is 0 Å². The van der Waals surface area contributed by atoms with Crippen LogP contribution < -0.4 is 0 Å². The summed E-state index contributed by atoms with van der Waals surface area (Å²) in [5.74, 6) is 0.761. The zero-order valence-electron chi connectivity index (χ0n) is 17.5. The molecule has 0 aromatic heterocycles. The van der Waals surface area contributed by atoms with Gasteiger partial charge in [0.1, 0.15) is 0 Å². The van der Waals surface area contributed by atoms with E-state index in [9.17, 15) is 14.7 Å². The second kappa shape index (κ2) is 6.55. The molecule has 0 spiro atoms. The standard InChI is InChI=1S/C24H34O4/c1-4-15-13-17-18(22(2)9-5-16(25)14-20(15)22)6-10-23(3)19(17)7-11-24(23,28)12-8-21(26)27/h13-14,17-19,28H,4-12H2,1-3H3,(H,26,27)/t17-,18+,19+,22-,23+,24+/m1/s1. The summed E-state index contributed by atoms with van der Waals surface area (Å²) in [5, 5.41) is 20.7. The van der Waals surface area contributed by atoms with Gasteiger partial charge in [0.2, 0.25) is 0 Å². The van der Waals surface area contributed by atoms with Gasteiger partial charge in [0, 0.05) is 12.8 Å². The van der Waals surface area contributed by atoms with E-state index in [0.717, 1.165) is 32.1 Å². The molecule has 4 nitrogen and oxygen atoms in total. The van der Waals surface area contributed by atoms with Crippen LogP contribution in [0.4, 0.5) is 0 Å². The molecule has 0 bridgehead atoms. The van der Waals surface area contributed by atoms with Gasteiger partial charge in [-0.05, 0) is 90.8 Å². The first-order valence-electron chi connectivity index (χ1n) is 11.0. The minimum absolute atomic E-state index is 0.0374. The number of carbonyl (C=O) groups is 2. The van der Waals surface area contributed by atoms with Crippen molar-refractivity contribution in [2.45, 2.75) is 84.2 Å². The molecule has 0 aromatic carbocycles. The van der Waals surface area contributed by atoms with Crippen molar-refractivity contribution in [1.29, 1.82) is 0 Å². The average molecular weight is 387 g/mol. The fraction of sp³-hybridized carbons (Fsp3) is 0.750. The van der Waals surface area contributed by atoms with Gasteiger partial charge < -0.3 is 10.2 Å².